The van der Waals surface area contributed by atoms with Crippen LogP contribution in [-0.4, -0.2) is 45.5 Å². The summed E-state index contributed by atoms with van der Waals surface area (Å²) in [6.45, 7) is 3.37. The van der Waals surface area contributed by atoms with E-state index in [-0.39, 0.29) is 0 Å². The number of aromatic nitrogens is 1. The van der Waals surface area contributed by atoms with Gasteiger partial charge in [0.25, 0.3) is 0 Å². The largest absolute Gasteiger partial charge is 0.446 e. The summed E-state index contributed by atoms with van der Waals surface area (Å²) in [6, 6.07) is 0. The van der Waals surface area contributed by atoms with Gasteiger partial charge in [-0.1, -0.05) is 0 Å². The van der Waals surface area contributed by atoms with Gasteiger partial charge in [-0.2, -0.15) is 0 Å². The lowest BCUT2D eigenvalue weighted by Gasteiger charge is -2.02. The van der Waals surface area contributed by atoms with E-state index in [4.69, 9.17) is 13.9 Å². The average molecular weight is 256 g/mol. The van der Waals surface area contributed by atoms with Crippen LogP contribution >= 0.6 is 0 Å². The molecule has 1 aromatic heterocycles. The highest BCUT2D eigenvalue weighted by Crippen LogP contribution is 2.08. The molecular weight excluding hydrogens is 232 g/mol. The molecule has 5 heteroatoms. The summed E-state index contributed by atoms with van der Waals surface area (Å²) in [5, 5.41) is 3.29. The van der Waals surface area contributed by atoms with E-state index in [0.717, 1.165) is 63.6 Å². The highest BCUT2D eigenvalue weighted by Gasteiger charge is 2.03. The molecule has 0 aliphatic rings. The van der Waals surface area contributed by atoms with Gasteiger partial charge in [0, 0.05) is 40.2 Å². The Bertz CT molecular complexity index is 302. The lowest BCUT2D eigenvalue weighted by molar-refractivity contribution is 0.193. The second-order valence-electron chi connectivity index (χ2n) is 4.16. The Kier molecular flexibility index (Phi) is 8.46. The van der Waals surface area contributed by atoms with E-state index < -0.39 is 0 Å². The van der Waals surface area contributed by atoms with Crippen LogP contribution in [0.3, 0.4) is 0 Å². The lowest BCUT2D eigenvalue weighted by Crippen LogP contribution is -2.20. The van der Waals surface area contributed by atoms with Crippen LogP contribution in [0.5, 0.6) is 0 Å². The molecule has 0 fully saturated rings. The van der Waals surface area contributed by atoms with Crippen molar-refractivity contribution >= 4 is 0 Å². The third-order valence-corrected chi connectivity index (χ3v) is 2.60. The zero-order valence-corrected chi connectivity index (χ0v) is 11.4. The fourth-order valence-corrected chi connectivity index (χ4v) is 1.63. The summed E-state index contributed by atoms with van der Waals surface area (Å²) in [6.07, 6.45) is 5.60. The van der Waals surface area contributed by atoms with Crippen molar-refractivity contribution in [3.8, 4) is 0 Å². The van der Waals surface area contributed by atoms with E-state index in [1.54, 1.807) is 14.2 Å². The van der Waals surface area contributed by atoms with Gasteiger partial charge < -0.3 is 19.2 Å². The molecule has 0 unspecified atom stereocenters. The second-order valence-corrected chi connectivity index (χ2v) is 4.16. The predicted octanol–water partition coefficient (Wildman–Crippen LogP) is 1.42. The maximum Gasteiger partial charge on any atom is 0.194 e. The van der Waals surface area contributed by atoms with E-state index in [1.807, 2.05) is 6.20 Å². The summed E-state index contributed by atoms with van der Waals surface area (Å²) < 4.78 is 15.6. The van der Waals surface area contributed by atoms with Crippen LogP contribution in [0.4, 0.5) is 0 Å². The molecule has 5 nitrogen and oxygen atoms in total. The Hall–Kier alpha value is -0.910. The van der Waals surface area contributed by atoms with Crippen molar-refractivity contribution in [1.82, 2.24) is 10.3 Å². The Balaban J connectivity index is 2.07. The van der Waals surface area contributed by atoms with Crippen LogP contribution in [0, 0.1) is 0 Å². The van der Waals surface area contributed by atoms with Gasteiger partial charge in [0.15, 0.2) is 5.89 Å². The van der Waals surface area contributed by atoms with Crippen molar-refractivity contribution < 1.29 is 13.9 Å². The summed E-state index contributed by atoms with van der Waals surface area (Å²) in [5.74, 6) is 1.78. The smallest absolute Gasteiger partial charge is 0.194 e. The fraction of sp³-hybridized carbons (Fsp3) is 0.769. The molecule has 1 aromatic rings. The van der Waals surface area contributed by atoms with Crippen molar-refractivity contribution in [3.63, 3.8) is 0 Å². The van der Waals surface area contributed by atoms with Crippen LogP contribution in [0.25, 0.3) is 0 Å². The first-order chi connectivity index (χ1) is 8.86. The minimum absolute atomic E-state index is 0.753. The Morgan fingerprint density at radius 1 is 1.11 bits per heavy atom. The molecule has 18 heavy (non-hydrogen) atoms. The molecule has 0 radical (unpaired) electrons. The van der Waals surface area contributed by atoms with Crippen LogP contribution in [0.15, 0.2) is 10.6 Å². The Labute approximate surface area is 109 Å². The summed E-state index contributed by atoms with van der Waals surface area (Å²) in [7, 11) is 3.42. The van der Waals surface area contributed by atoms with Gasteiger partial charge in [-0.3, -0.25) is 0 Å². The third-order valence-electron chi connectivity index (χ3n) is 2.60. The maximum absolute atomic E-state index is 5.64. The topological polar surface area (TPSA) is 56.5 Å². The van der Waals surface area contributed by atoms with Gasteiger partial charge in [-0.25, -0.2) is 4.98 Å². The standard InChI is InChI=1S/C13H24N2O3/c1-16-9-4-5-12-11-15-13(18-12)6-3-7-14-8-10-17-2/h11,14H,3-10H2,1-2H3. The van der Waals surface area contributed by atoms with Crippen molar-refractivity contribution in [3.05, 3.63) is 17.8 Å². The number of hydrogen-bond acceptors (Lipinski definition) is 5. The minimum atomic E-state index is 0.753. The number of rotatable bonds is 11. The van der Waals surface area contributed by atoms with Crippen LogP contribution in [0.2, 0.25) is 0 Å². The van der Waals surface area contributed by atoms with E-state index in [0.29, 0.717) is 0 Å². The first kappa shape index (κ1) is 15.1. The monoisotopic (exact) mass is 256 g/mol. The molecule has 0 saturated carbocycles. The Morgan fingerprint density at radius 2 is 1.94 bits per heavy atom. The number of nitrogens with zero attached hydrogens (tertiary/aromatic N) is 1. The van der Waals surface area contributed by atoms with Gasteiger partial charge >= 0.3 is 0 Å². The molecule has 1 heterocycles. The second kappa shape index (κ2) is 10.1. The highest BCUT2D eigenvalue weighted by molar-refractivity contribution is 4.94. The van der Waals surface area contributed by atoms with Crippen LogP contribution < -0.4 is 5.32 Å². The van der Waals surface area contributed by atoms with Crippen molar-refractivity contribution in [1.29, 1.82) is 0 Å². The molecule has 0 aliphatic heterocycles. The highest BCUT2D eigenvalue weighted by atomic mass is 16.5. The predicted molar refractivity (Wildman–Crippen MR) is 69.8 cm³/mol. The van der Waals surface area contributed by atoms with Gasteiger partial charge in [-0.15, -0.1) is 0 Å². The number of nitrogens with one attached hydrogen (secondary N) is 1. The van der Waals surface area contributed by atoms with E-state index in [2.05, 4.69) is 10.3 Å². The van der Waals surface area contributed by atoms with Crippen LogP contribution in [-0.2, 0) is 22.3 Å². The molecule has 0 aliphatic carbocycles. The normalized spacial score (nSPS) is 11.0. The summed E-state index contributed by atoms with van der Waals surface area (Å²) in [5.41, 5.74) is 0. The minimum Gasteiger partial charge on any atom is -0.446 e. The molecule has 1 rings (SSSR count). The molecule has 0 aromatic carbocycles. The third kappa shape index (κ3) is 6.74. The molecule has 0 saturated heterocycles. The molecule has 0 atom stereocenters. The van der Waals surface area contributed by atoms with Gasteiger partial charge in [0.1, 0.15) is 5.76 Å². The summed E-state index contributed by atoms with van der Waals surface area (Å²) in [4.78, 5) is 4.27. The maximum atomic E-state index is 5.64. The fourth-order valence-electron chi connectivity index (χ4n) is 1.63. The number of oxazole rings is 1. The average Bonchev–Trinajstić information content (AvgIpc) is 2.82. The quantitative estimate of drug-likeness (QED) is 0.607. The molecule has 1 N–H and O–H groups in total. The molecule has 104 valence electrons. The van der Waals surface area contributed by atoms with E-state index in [9.17, 15) is 0 Å². The van der Waals surface area contributed by atoms with Gasteiger partial charge in [-0.05, 0) is 19.4 Å². The molecule has 0 amide bonds. The van der Waals surface area contributed by atoms with E-state index >= 15 is 0 Å². The number of ether oxygens (including phenoxy) is 2. The first-order valence-electron chi connectivity index (χ1n) is 6.49. The van der Waals surface area contributed by atoms with Gasteiger partial charge in [0.05, 0.1) is 12.8 Å². The zero-order valence-electron chi connectivity index (χ0n) is 11.4. The first-order valence-corrected chi connectivity index (χ1v) is 6.49. The van der Waals surface area contributed by atoms with Crippen molar-refractivity contribution in [2.24, 2.45) is 0 Å². The van der Waals surface area contributed by atoms with Crippen molar-refractivity contribution in [2.45, 2.75) is 25.7 Å². The summed E-state index contributed by atoms with van der Waals surface area (Å²) >= 11 is 0. The van der Waals surface area contributed by atoms with E-state index in [1.165, 1.54) is 0 Å². The van der Waals surface area contributed by atoms with Crippen molar-refractivity contribution in [2.75, 3.05) is 40.5 Å². The van der Waals surface area contributed by atoms with Gasteiger partial charge in [0.2, 0.25) is 0 Å². The lowest BCUT2D eigenvalue weighted by atomic mass is 10.3. The Morgan fingerprint density at radius 3 is 2.72 bits per heavy atom. The zero-order chi connectivity index (χ0) is 13.1. The van der Waals surface area contributed by atoms with Crippen LogP contribution in [0.1, 0.15) is 24.5 Å². The number of aryl methyl sites for hydroxylation is 2. The number of methoxy groups -OCH3 is 2. The SMILES string of the molecule is COCCCc1cnc(CCCNCCOC)o1. The molecule has 0 spiro atoms. The molecule has 0 bridgehead atoms. The molecular formula is C13H24N2O3. The number of hydrogen-bond donors (Lipinski definition) is 1.